The molecule has 56 heavy (non-hydrogen) atoms. The molecule has 1 aliphatic heterocycles. The van der Waals surface area contributed by atoms with Crippen LogP contribution in [0.1, 0.15) is 56.3 Å². The van der Waals surface area contributed by atoms with Crippen LogP contribution in [0.5, 0.6) is 5.75 Å². The quantitative estimate of drug-likeness (QED) is 0.213. The Kier molecular flexibility index (Phi) is 15.4. The van der Waals surface area contributed by atoms with Gasteiger partial charge in [-0.15, -0.1) is 10.2 Å². The molecule has 2 aromatic heterocycles. The number of ether oxygens (including phenoxy) is 3. The molecule has 2 amide bonds. The molecule has 3 heterocycles. The van der Waals surface area contributed by atoms with Gasteiger partial charge in [-0.1, -0.05) is 49.9 Å². The topological polar surface area (TPSA) is 152 Å². The predicted molar refractivity (Wildman–Crippen MR) is 216 cm³/mol. The number of aryl methyl sites for hydroxylation is 1. The van der Waals surface area contributed by atoms with Crippen LogP contribution in [0.2, 0.25) is 0 Å². The molecule has 5 atom stereocenters. The lowest BCUT2D eigenvalue weighted by atomic mass is 9.82. The van der Waals surface area contributed by atoms with Crippen LogP contribution in [0.25, 0.3) is 17.1 Å². The van der Waals surface area contributed by atoms with Crippen molar-refractivity contribution in [1.82, 2.24) is 29.5 Å². The monoisotopic (exact) mass is 788 g/mol. The van der Waals surface area contributed by atoms with E-state index in [0.717, 1.165) is 27.9 Å². The smallest absolute Gasteiger partial charge is 0.233 e. The summed E-state index contributed by atoms with van der Waals surface area (Å²) in [7, 11) is 3.07. The van der Waals surface area contributed by atoms with Crippen LogP contribution in [0.3, 0.4) is 0 Å². The molecule has 0 aliphatic carbocycles. The fourth-order valence-corrected chi connectivity index (χ4v) is 8.03. The summed E-state index contributed by atoms with van der Waals surface area (Å²) in [6, 6.07) is 17.2. The van der Waals surface area contributed by atoms with Crippen LogP contribution < -0.4 is 4.74 Å². The van der Waals surface area contributed by atoms with E-state index in [1.165, 1.54) is 25.8 Å². The Balaban J connectivity index is 1.57. The first-order valence-corrected chi connectivity index (χ1v) is 20.1. The zero-order valence-corrected chi connectivity index (χ0v) is 34.3. The molecule has 5 rings (SSSR count). The van der Waals surface area contributed by atoms with Crippen LogP contribution in [-0.4, -0.2) is 123 Å². The average Bonchev–Trinajstić information content (AvgIpc) is 3.62. The Hall–Kier alpha value is -4.34. The Morgan fingerprint density at radius 1 is 1.00 bits per heavy atom. The SMILES string of the molecule is COc1cccc([C@@H]2[C@@H](C(C)C)CN(C(C)=O)C[C@H](OC)[C@@H](O)[C@@H](O)COCCCCN2C(=O)CSc2nnc(-c3ccncc3)n2-c2cccc(C)c2C)c1. The maximum atomic E-state index is 14.9. The second-order valence-corrected chi connectivity index (χ2v) is 15.6. The number of methoxy groups -OCH3 is 2. The molecule has 4 aromatic rings. The maximum Gasteiger partial charge on any atom is 0.233 e. The standard InChI is InChI=1S/C42H56N6O7S/c1-27(2)34-23-46(30(5)49)24-37(54-7)40(52)36(50)25-55-21-9-8-20-47(39(34)32-13-11-14-33(22-32)53-6)38(51)26-56-42-45-44-41(31-16-18-43-19-17-31)48(42)35-15-10-12-28(3)29(35)4/h10-19,22,27,34,36-37,39-40,50,52H,8-9,20-21,23-26H2,1-7H3/t34-,36+,37+,39-,40+/m1/s1. The first kappa shape index (κ1) is 42.8. The van der Waals surface area contributed by atoms with Crippen LogP contribution >= 0.6 is 11.8 Å². The van der Waals surface area contributed by atoms with Gasteiger partial charge in [0.1, 0.15) is 24.1 Å². The number of hydrogen-bond acceptors (Lipinski definition) is 11. The Labute approximate surface area is 334 Å². The second kappa shape index (κ2) is 20.2. The van der Waals surface area contributed by atoms with Gasteiger partial charge in [0.05, 0.1) is 31.2 Å². The number of aliphatic hydroxyl groups is 2. The van der Waals surface area contributed by atoms with E-state index < -0.39 is 24.4 Å². The number of pyridine rings is 1. The van der Waals surface area contributed by atoms with Crippen molar-refractivity contribution in [2.75, 3.05) is 52.8 Å². The molecule has 0 unspecified atom stereocenters. The number of amides is 2. The van der Waals surface area contributed by atoms with Crippen molar-refractivity contribution in [3.8, 4) is 22.8 Å². The van der Waals surface area contributed by atoms with Crippen LogP contribution in [0.15, 0.2) is 72.1 Å². The van der Waals surface area contributed by atoms with Gasteiger partial charge in [0, 0.05) is 64.1 Å². The molecule has 0 saturated carbocycles. The molecule has 1 fully saturated rings. The number of benzene rings is 2. The van der Waals surface area contributed by atoms with E-state index in [9.17, 15) is 19.8 Å². The molecule has 2 N–H and O–H groups in total. The Morgan fingerprint density at radius 2 is 1.75 bits per heavy atom. The van der Waals surface area contributed by atoms with Gasteiger partial charge in [-0.2, -0.15) is 0 Å². The van der Waals surface area contributed by atoms with E-state index in [0.29, 0.717) is 42.7 Å². The molecular formula is C42H56N6O7S. The number of carbonyl (C=O) groups is 2. The molecule has 2 aromatic carbocycles. The van der Waals surface area contributed by atoms with E-state index >= 15 is 0 Å². The molecular weight excluding hydrogens is 733 g/mol. The molecule has 302 valence electrons. The zero-order chi connectivity index (χ0) is 40.4. The molecule has 14 heteroatoms. The van der Waals surface area contributed by atoms with Crippen molar-refractivity contribution >= 4 is 23.6 Å². The number of hydrogen-bond donors (Lipinski definition) is 2. The van der Waals surface area contributed by atoms with Crippen LogP contribution in [0, 0.1) is 25.7 Å². The lowest BCUT2D eigenvalue weighted by Gasteiger charge is -2.42. The number of nitrogens with zero attached hydrogens (tertiary/aromatic N) is 6. The highest BCUT2D eigenvalue weighted by Crippen LogP contribution is 2.38. The summed E-state index contributed by atoms with van der Waals surface area (Å²) in [4.78, 5) is 36.0. The summed E-state index contributed by atoms with van der Waals surface area (Å²) in [6.45, 7) is 10.7. The molecule has 13 nitrogen and oxygen atoms in total. The number of aliphatic hydroxyl groups excluding tert-OH is 2. The summed E-state index contributed by atoms with van der Waals surface area (Å²) in [5, 5.41) is 31.6. The first-order chi connectivity index (χ1) is 26.9. The maximum absolute atomic E-state index is 14.9. The summed E-state index contributed by atoms with van der Waals surface area (Å²) < 4.78 is 19.1. The number of carbonyl (C=O) groups excluding carboxylic acids is 2. The highest BCUT2D eigenvalue weighted by Gasteiger charge is 2.38. The van der Waals surface area contributed by atoms with E-state index in [-0.39, 0.29) is 49.1 Å². The molecule has 1 aliphatic rings. The molecule has 0 radical (unpaired) electrons. The van der Waals surface area contributed by atoms with Crippen molar-refractivity contribution in [1.29, 1.82) is 0 Å². The van der Waals surface area contributed by atoms with Crippen molar-refractivity contribution in [2.24, 2.45) is 11.8 Å². The average molecular weight is 789 g/mol. The minimum atomic E-state index is -1.28. The van der Waals surface area contributed by atoms with Gasteiger partial charge in [-0.3, -0.25) is 19.1 Å². The number of thioether (sulfide) groups is 1. The highest BCUT2D eigenvalue weighted by molar-refractivity contribution is 7.99. The van der Waals surface area contributed by atoms with Crippen LogP contribution in [-0.2, 0) is 19.1 Å². The number of aromatic nitrogens is 4. The third-order valence-electron chi connectivity index (χ3n) is 10.6. The lowest BCUT2D eigenvalue weighted by Crippen LogP contribution is -2.51. The number of rotatable bonds is 9. The highest BCUT2D eigenvalue weighted by atomic mass is 32.2. The van der Waals surface area contributed by atoms with Crippen molar-refractivity contribution in [3.05, 3.63) is 83.7 Å². The molecule has 0 spiro atoms. The lowest BCUT2D eigenvalue weighted by molar-refractivity contribution is -0.139. The van der Waals surface area contributed by atoms with Gasteiger partial charge < -0.3 is 34.2 Å². The summed E-state index contributed by atoms with van der Waals surface area (Å²) in [6.07, 6.45) is 1.31. The van der Waals surface area contributed by atoms with Gasteiger partial charge in [0.15, 0.2) is 11.0 Å². The van der Waals surface area contributed by atoms with Gasteiger partial charge in [-0.05, 0) is 79.6 Å². The minimum absolute atomic E-state index is 0.00171. The summed E-state index contributed by atoms with van der Waals surface area (Å²) >= 11 is 1.33. The van der Waals surface area contributed by atoms with Crippen molar-refractivity contribution < 1.29 is 34.0 Å². The fraction of sp³-hybridized carbons (Fsp3) is 0.500. The first-order valence-electron chi connectivity index (χ1n) is 19.2. The largest absolute Gasteiger partial charge is 0.497 e. The molecule has 0 bridgehead atoms. The van der Waals surface area contributed by atoms with E-state index in [4.69, 9.17) is 14.2 Å². The van der Waals surface area contributed by atoms with Gasteiger partial charge in [-0.25, -0.2) is 0 Å². The van der Waals surface area contributed by atoms with E-state index in [2.05, 4.69) is 48.9 Å². The van der Waals surface area contributed by atoms with Gasteiger partial charge in [0.25, 0.3) is 0 Å². The van der Waals surface area contributed by atoms with Crippen molar-refractivity contribution in [2.45, 2.75) is 77.0 Å². The van der Waals surface area contributed by atoms with Crippen LogP contribution in [0.4, 0.5) is 0 Å². The fourth-order valence-electron chi connectivity index (χ4n) is 7.20. The summed E-state index contributed by atoms with van der Waals surface area (Å²) in [5.74, 6) is 0.805. The van der Waals surface area contributed by atoms with Crippen molar-refractivity contribution in [3.63, 3.8) is 0 Å². The Morgan fingerprint density at radius 3 is 2.45 bits per heavy atom. The third kappa shape index (κ3) is 10.3. The van der Waals surface area contributed by atoms with Gasteiger partial charge in [0.2, 0.25) is 11.8 Å². The zero-order valence-electron chi connectivity index (χ0n) is 33.5. The van der Waals surface area contributed by atoms with E-state index in [1.807, 2.05) is 58.0 Å². The summed E-state index contributed by atoms with van der Waals surface area (Å²) in [5.41, 5.74) is 4.85. The Bertz CT molecular complexity index is 1890. The van der Waals surface area contributed by atoms with Gasteiger partial charge >= 0.3 is 0 Å². The molecule has 1 saturated heterocycles. The normalized spacial score (nSPS) is 21.7. The second-order valence-electron chi connectivity index (χ2n) is 14.6. The minimum Gasteiger partial charge on any atom is -0.497 e. The predicted octanol–water partition coefficient (Wildman–Crippen LogP) is 5.28. The third-order valence-corrected chi connectivity index (χ3v) is 11.6. The van der Waals surface area contributed by atoms with E-state index in [1.54, 1.807) is 24.4 Å².